The lowest BCUT2D eigenvalue weighted by atomic mass is 10.0. The first-order valence-electron chi connectivity index (χ1n) is 6.10. The van der Waals surface area contributed by atoms with E-state index in [2.05, 4.69) is 0 Å². The van der Waals surface area contributed by atoms with Crippen LogP contribution in [0.15, 0.2) is 18.2 Å². The summed E-state index contributed by atoms with van der Waals surface area (Å²) >= 11 is 11.8. The first-order chi connectivity index (χ1) is 9.00. The van der Waals surface area contributed by atoms with Gasteiger partial charge in [-0.05, 0) is 30.5 Å². The van der Waals surface area contributed by atoms with Gasteiger partial charge in [-0.2, -0.15) is 0 Å². The van der Waals surface area contributed by atoms with Gasteiger partial charge in [0.15, 0.2) is 0 Å². The second-order valence-corrected chi connectivity index (χ2v) is 5.77. The molecule has 0 aliphatic carbocycles. The Bertz CT molecular complexity index is 576. The predicted octanol–water partition coefficient (Wildman–Crippen LogP) is 3.17. The molecule has 4 nitrogen and oxygen atoms in total. The minimum Gasteiger partial charge on any atom is -0.312 e. The van der Waals surface area contributed by atoms with E-state index in [0.717, 1.165) is 6.42 Å². The van der Waals surface area contributed by atoms with Crippen molar-refractivity contribution < 1.29 is 9.59 Å². The average molecular weight is 299 g/mol. The normalized spacial score (nSPS) is 26.3. The third kappa shape index (κ3) is 1.82. The summed E-state index contributed by atoms with van der Waals surface area (Å²) in [4.78, 5) is 27.5. The molecule has 0 N–H and O–H groups in total. The lowest BCUT2D eigenvalue weighted by molar-refractivity contribution is -0.120. The van der Waals surface area contributed by atoms with E-state index < -0.39 is 0 Å². The maximum Gasteiger partial charge on any atom is 0.332 e. The number of hydrogen-bond donors (Lipinski definition) is 0. The van der Waals surface area contributed by atoms with Crippen molar-refractivity contribution >= 4 is 40.8 Å². The number of amides is 3. The molecule has 6 heteroatoms. The summed E-state index contributed by atoms with van der Waals surface area (Å²) in [6.07, 6.45) is 0.872. The summed E-state index contributed by atoms with van der Waals surface area (Å²) in [5.41, 5.74) is 0.478. The van der Waals surface area contributed by atoms with Crippen LogP contribution < -0.4 is 4.90 Å². The number of fused-ring (bicyclic) bond motifs is 1. The van der Waals surface area contributed by atoms with E-state index in [1.165, 1.54) is 4.90 Å². The van der Waals surface area contributed by atoms with E-state index in [9.17, 15) is 9.59 Å². The Hall–Kier alpha value is -1.26. The predicted molar refractivity (Wildman–Crippen MR) is 73.6 cm³/mol. The molecule has 0 bridgehead atoms. The molecule has 3 amide bonds. The van der Waals surface area contributed by atoms with Gasteiger partial charge in [-0.15, -0.1) is 0 Å². The van der Waals surface area contributed by atoms with Crippen molar-refractivity contribution in [2.24, 2.45) is 5.92 Å². The van der Waals surface area contributed by atoms with Gasteiger partial charge >= 0.3 is 6.03 Å². The Morgan fingerprint density at radius 1 is 1.21 bits per heavy atom. The van der Waals surface area contributed by atoms with Crippen molar-refractivity contribution in [3.05, 3.63) is 28.2 Å². The molecule has 2 saturated heterocycles. The second kappa shape index (κ2) is 4.39. The van der Waals surface area contributed by atoms with Gasteiger partial charge in [0.1, 0.15) is 6.04 Å². The van der Waals surface area contributed by atoms with Crippen molar-refractivity contribution in [3.8, 4) is 0 Å². The number of benzene rings is 1. The monoisotopic (exact) mass is 298 g/mol. The fourth-order valence-corrected chi connectivity index (χ4v) is 3.05. The Balaban J connectivity index is 2.00. The fraction of sp³-hybridized carbons (Fsp3) is 0.385. The summed E-state index contributed by atoms with van der Waals surface area (Å²) < 4.78 is 0. The SMILES string of the molecule is CC1CCN2C(=O)N(c3ccc(Cl)c(Cl)c3)C(=O)C12. The van der Waals surface area contributed by atoms with Gasteiger partial charge in [-0.3, -0.25) is 4.79 Å². The zero-order chi connectivity index (χ0) is 13.7. The van der Waals surface area contributed by atoms with Gasteiger partial charge in [0, 0.05) is 6.54 Å². The van der Waals surface area contributed by atoms with Crippen LogP contribution in [0.2, 0.25) is 10.0 Å². The highest BCUT2D eigenvalue weighted by atomic mass is 35.5. The number of rotatable bonds is 1. The molecular formula is C13H12Cl2N2O2. The summed E-state index contributed by atoms with van der Waals surface area (Å²) in [6.45, 7) is 2.63. The molecule has 100 valence electrons. The highest BCUT2D eigenvalue weighted by molar-refractivity contribution is 6.42. The quantitative estimate of drug-likeness (QED) is 0.747. The van der Waals surface area contributed by atoms with Crippen molar-refractivity contribution in [1.29, 1.82) is 0 Å². The first-order valence-corrected chi connectivity index (χ1v) is 6.86. The minimum absolute atomic E-state index is 0.173. The zero-order valence-electron chi connectivity index (χ0n) is 10.3. The molecular weight excluding hydrogens is 287 g/mol. The molecule has 0 saturated carbocycles. The lowest BCUT2D eigenvalue weighted by Crippen LogP contribution is -2.33. The van der Waals surface area contributed by atoms with E-state index in [-0.39, 0.29) is 23.9 Å². The third-order valence-corrected chi connectivity index (χ3v) is 4.51. The van der Waals surface area contributed by atoms with Gasteiger partial charge in [0.05, 0.1) is 15.7 Å². The number of carbonyl (C=O) groups excluding carboxylic acids is 2. The highest BCUT2D eigenvalue weighted by Crippen LogP contribution is 2.36. The number of nitrogens with zero attached hydrogens (tertiary/aromatic N) is 2. The third-order valence-electron chi connectivity index (χ3n) is 3.77. The molecule has 1 aromatic carbocycles. The number of imide groups is 1. The zero-order valence-corrected chi connectivity index (χ0v) is 11.8. The molecule has 0 aromatic heterocycles. The van der Waals surface area contributed by atoms with Crippen LogP contribution in [-0.2, 0) is 4.79 Å². The molecule has 3 rings (SSSR count). The Morgan fingerprint density at radius 3 is 2.58 bits per heavy atom. The Labute approximate surface area is 120 Å². The maximum atomic E-state index is 12.4. The maximum absolute atomic E-state index is 12.4. The van der Waals surface area contributed by atoms with Gasteiger partial charge in [0.2, 0.25) is 0 Å². The topological polar surface area (TPSA) is 40.6 Å². The number of anilines is 1. The molecule has 2 fully saturated rings. The van der Waals surface area contributed by atoms with Crippen LogP contribution in [0.4, 0.5) is 10.5 Å². The van der Waals surface area contributed by atoms with Crippen LogP contribution in [0.1, 0.15) is 13.3 Å². The number of hydrogen-bond acceptors (Lipinski definition) is 2. The van der Waals surface area contributed by atoms with Crippen LogP contribution in [0.3, 0.4) is 0 Å². The summed E-state index contributed by atoms with van der Waals surface area (Å²) in [6, 6.07) is 4.18. The van der Waals surface area contributed by atoms with E-state index in [1.807, 2.05) is 6.92 Å². The van der Waals surface area contributed by atoms with Crippen molar-refractivity contribution in [1.82, 2.24) is 4.90 Å². The van der Waals surface area contributed by atoms with Crippen LogP contribution in [0.25, 0.3) is 0 Å². The van der Waals surface area contributed by atoms with Gasteiger partial charge < -0.3 is 4.90 Å². The van der Waals surface area contributed by atoms with Gasteiger partial charge in [0.25, 0.3) is 5.91 Å². The molecule has 2 aliphatic heterocycles. The minimum atomic E-state index is -0.332. The first kappa shape index (κ1) is 12.8. The van der Waals surface area contributed by atoms with Gasteiger partial charge in [-0.1, -0.05) is 30.1 Å². The van der Waals surface area contributed by atoms with E-state index in [1.54, 1.807) is 23.1 Å². The van der Waals surface area contributed by atoms with Crippen LogP contribution >= 0.6 is 23.2 Å². The highest BCUT2D eigenvalue weighted by Gasteiger charge is 2.51. The largest absolute Gasteiger partial charge is 0.332 e. The van der Waals surface area contributed by atoms with E-state index in [4.69, 9.17) is 23.2 Å². The van der Waals surface area contributed by atoms with Crippen LogP contribution in [0, 0.1) is 5.92 Å². The molecule has 2 unspecified atom stereocenters. The molecule has 2 atom stereocenters. The van der Waals surface area contributed by atoms with Gasteiger partial charge in [-0.25, -0.2) is 9.69 Å². The number of urea groups is 1. The van der Waals surface area contributed by atoms with Crippen molar-refractivity contribution in [2.45, 2.75) is 19.4 Å². The van der Waals surface area contributed by atoms with E-state index in [0.29, 0.717) is 22.3 Å². The average Bonchev–Trinajstić information content (AvgIpc) is 2.85. The second-order valence-electron chi connectivity index (χ2n) is 4.96. The van der Waals surface area contributed by atoms with E-state index >= 15 is 0 Å². The van der Waals surface area contributed by atoms with Crippen LogP contribution in [0.5, 0.6) is 0 Å². The summed E-state index contributed by atoms with van der Waals surface area (Å²) in [5.74, 6) is 0.0256. The van der Waals surface area contributed by atoms with Crippen molar-refractivity contribution in [3.63, 3.8) is 0 Å². The lowest BCUT2D eigenvalue weighted by Gasteiger charge is -2.16. The Kier molecular flexibility index (Phi) is 2.95. The molecule has 2 heterocycles. The molecule has 19 heavy (non-hydrogen) atoms. The van der Waals surface area contributed by atoms with Crippen molar-refractivity contribution in [2.75, 3.05) is 11.4 Å². The Morgan fingerprint density at radius 2 is 1.95 bits per heavy atom. The molecule has 1 aromatic rings. The summed E-state index contributed by atoms with van der Waals surface area (Å²) in [5, 5.41) is 0.734. The molecule has 0 spiro atoms. The number of carbonyl (C=O) groups is 2. The summed E-state index contributed by atoms with van der Waals surface area (Å²) in [7, 11) is 0. The number of halogens is 2. The molecule has 2 aliphatic rings. The van der Waals surface area contributed by atoms with Crippen LogP contribution in [-0.4, -0.2) is 29.4 Å². The standard InChI is InChI=1S/C13H12Cl2N2O2/c1-7-4-5-16-11(7)12(18)17(13(16)19)8-2-3-9(14)10(15)6-8/h2-3,6-7,11H,4-5H2,1H3. The smallest absolute Gasteiger partial charge is 0.312 e. The molecule has 0 radical (unpaired) electrons. The fourth-order valence-electron chi connectivity index (χ4n) is 2.75.